The minimum atomic E-state index is -1.64. The summed E-state index contributed by atoms with van der Waals surface area (Å²) >= 11 is 0. The van der Waals surface area contributed by atoms with Gasteiger partial charge in [0.1, 0.15) is 23.4 Å². The number of fused-ring (bicyclic) bond motifs is 6. The van der Waals surface area contributed by atoms with Crippen LogP contribution in [0, 0.1) is 39.9 Å². The molecule has 8 heteroatoms. The molecule has 0 aromatic heterocycles. The Labute approximate surface area is 211 Å². The lowest BCUT2D eigenvalue weighted by molar-refractivity contribution is -0.212. The van der Waals surface area contributed by atoms with Crippen LogP contribution in [0.1, 0.15) is 66.2 Å². The topological polar surface area (TPSA) is 137 Å². The number of aliphatic hydroxyl groups excluding tert-OH is 2. The third kappa shape index (κ3) is 2.22. The van der Waals surface area contributed by atoms with E-state index in [1.54, 1.807) is 6.08 Å². The Balaban J connectivity index is 1.27. The maximum absolute atomic E-state index is 13.4. The van der Waals surface area contributed by atoms with E-state index in [4.69, 9.17) is 9.47 Å². The fraction of sp³-hybridized carbons (Fsp3) is 0.857. The van der Waals surface area contributed by atoms with Gasteiger partial charge in [-0.05, 0) is 82.3 Å². The molecule has 0 amide bonds. The lowest BCUT2D eigenvalue weighted by Gasteiger charge is -2.59. The molecule has 198 valence electrons. The number of rotatable bonds is 1. The second-order valence-corrected chi connectivity index (χ2v) is 14.0. The van der Waals surface area contributed by atoms with Crippen LogP contribution in [-0.4, -0.2) is 73.4 Å². The second kappa shape index (κ2) is 6.45. The quantitative estimate of drug-likeness (QED) is 0.311. The number of epoxide rings is 1. The van der Waals surface area contributed by atoms with Crippen molar-refractivity contribution in [2.45, 2.75) is 107 Å². The van der Waals surface area contributed by atoms with Gasteiger partial charge in [0.25, 0.3) is 0 Å². The molecule has 2 aliphatic heterocycles. The van der Waals surface area contributed by atoms with Crippen molar-refractivity contribution in [3.63, 3.8) is 0 Å². The van der Waals surface area contributed by atoms with Crippen LogP contribution in [0.25, 0.3) is 0 Å². The molecule has 4 N–H and O–H groups in total. The fourth-order valence-electron chi connectivity index (χ4n) is 10.7. The Morgan fingerprint density at radius 2 is 1.69 bits per heavy atom. The van der Waals surface area contributed by atoms with Crippen molar-refractivity contribution in [1.82, 2.24) is 0 Å². The third-order valence-corrected chi connectivity index (χ3v) is 13.1. The molecule has 7 aliphatic rings. The highest BCUT2D eigenvalue weighted by Gasteiger charge is 2.82. The van der Waals surface area contributed by atoms with E-state index in [0.717, 1.165) is 0 Å². The molecule has 36 heavy (non-hydrogen) atoms. The second-order valence-electron chi connectivity index (χ2n) is 14.0. The third-order valence-electron chi connectivity index (χ3n) is 13.1. The predicted molar refractivity (Wildman–Crippen MR) is 125 cm³/mol. The van der Waals surface area contributed by atoms with Crippen LogP contribution in [-0.2, 0) is 19.1 Å². The van der Waals surface area contributed by atoms with Crippen molar-refractivity contribution in [2.75, 3.05) is 0 Å². The van der Waals surface area contributed by atoms with Gasteiger partial charge in [-0.25, -0.2) is 4.79 Å². The van der Waals surface area contributed by atoms with Gasteiger partial charge in [-0.3, -0.25) is 4.79 Å². The molecule has 2 bridgehead atoms. The lowest BCUT2D eigenvalue weighted by atomic mass is 9.44. The highest BCUT2D eigenvalue weighted by atomic mass is 16.6. The Hall–Kier alpha value is -1.32. The van der Waals surface area contributed by atoms with E-state index in [1.807, 2.05) is 13.8 Å². The molecule has 7 rings (SSSR count). The van der Waals surface area contributed by atoms with Gasteiger partial charge < -0.3 is 29.9 Å². The number of hydrogen-bond acceptors (Lipinski definition) is 8. The maximum Gasteiger partial charge on any atom is 0.338 e. The van der Waals surface area contributed by atoms with E-state index in [0.29, 0.717) is 38.5 Å². The lowest BCUT2D eigenvalue weighted by Crippen LogP contribution is -2.65. The van der Waals surface area contributed by atoms with Crippen molar-refractivity contribution in [1.29, 1.82) is 0 Å². The molecule has 8 nitrogen and oxygen atoms in total. The summed E-state index contributed by atoms with van der Waals surface area (Å²) in [6.07, 6.45) is 3.70. The van der Waals surface area contributed by atoms with Crippen LogP contribution in [0.15, 0.2) is 12.2 Å². The molecule has 2 heterocycles. The minimum Gasteiger partial charge on any atom is -0.460 e. The van der Waals surface area contributed by atoms with Gasteiger partial charge in [-0.1, -0.05) is 13.8 Å². The molecule has 6 fully saturated rings. The summed E-state index contributed by atoms with van der Waals surface area (Å²) in [4.78, 5) is 26.0. The summed E-state index contributed by atoms with van der Waals surface area (Å²) in [6.45, 7) is 7.38. The summed E-state index contributed by atoms with van der Waals surface area (Å²) in [5, 5.41) is 45.9. The Morgan fingerprint density at radius 1 is 0.972 bits per heavy atom. The van der Waals surface area contributed by atoms with Crippen molar-refractivity contribution in [3.05, 3.63) is 12.2 Å². The van der Waals surface area contributed by atoms with E-state index in [9.17, 15) is 30.0 Å². The average molecular weight is 503 g/mol. The number of carbonyl (C=O) groups is 2. The van der Waals surface area contributed by atoms with Gasteiger partial charge in [0, 0.05) is 16.7 Å². The summed E-state index contributed by atoms with van der Waals surface area (Å²) in [7, 11) is 0. The van der Waals surface area contributed by atoms with E-state index in [2.05, 4.69) is 6.92 Å². The van der Waals surface area contributed by atoms with E-state index in [1.165, 1.54) is 13.0 Å². The predicted octanol–water partition coefficient (Wildman–Crippen LogP) is 1.27. The van der Waals surface area contributed by atoms with Crippen molar-refractivity contribution < 1.29 is 39.5 Å². The summed E-state index contributed by atoms with van der Waals surface area (Å²) < 4.78 is 11.9. The normalized spacial score (nSPS) is 64.8. The Kier molecular flexibility index (Phi) is 4.26. The Morgan fingerprint density at radius 3 is 2.42 bits per heavy atom. The van der Waals surface area contributed by atoms with Gasteiger partial charge in [0.15, 0.2) is 11.4 Å². The van der Waals surface area contributed by atoms with E-state index >= 15 is 0 Å². The van der Waals surface area contributed by atoms with Crippen LogP contribution in [0.2, 0.25) is 0 Å². The number of allylic oxidation sites excluding steroid dienone is 1. The first-order valence-electron chi connectivity index (χ1n) is 13.6. The van der Waals surface area contributed by atoms with Crippen molar-refractivity contribution in [3.8, 4) is 0 Å². The zero-order chi connectivity index (χ0) is 25.8. The van der Waals surface area contributed by atoms with Gasteiger partial charge in [-0.2, -0.15) is 0 Å². The largest absolute Gasteiger partial charge is 0.460 e. The molecule has 4 saturated carbocycles. The van der Waals surface area contributed by atoms with Gasteiger partial charge in [0.05, 0.1) is 17.6 Å². The molecule has 1 spiro atoms. The Bertz CT molecular complexity index is 1100. The van der Waals surface area contributed by atoms with Gasteiger partial charge in [-0.15, -0.1) is 0 Å². The van der Waals surface area contributed by atoms with Crippen molar-refractivity contribution in [2.24, 2.45) is 39.9 Å². The number of hydrogen-bond donors (Lipinski definition) is 4. The van der Waals surface area contributed by atoms with Crippen LogP contribution in [0.5, 0.6) is 0 Å². The number of ketones is 1. The fourth-order valence-corrected chi connectivity index (χ4v) is 10.7. The molecule has 14 atom stereocenters. The van der Waals surface area contributed by atoms with E-state index < -0.39 is 63.2 Å². The molecule has 2 saturated heterocycles. The number of carbonyl (C=O) groups excluding carboxylic acids is 2. The molecule has 0 aromatic rings. The summed E-state index contributed by atoms with van der Waals surface area (Å²) in [6, 6.07) is 0. The zero-order valence-electron chi connectivity index (χ0n) is 21.4. The molecule has 0 radical (unpaired) electrons. The highest BCUT2D eigenvalue weighted by Crippen LogP contribution is 2.74. The SMILES string of the molecule is CC12CC(OC(=O)C1(C)O)C(C1(O)C(O)CC3C4CC5OC56C(O)C=CC(=O)C6(C)C4CCC31C)C2. The average Bonchev–Trinajstić information content (AvgIpc) is 3.41. The van der Waals surface area contributed by atoms with Crippen LogP contribution >= 0.6 is 0 Å². The standard InChI is InChI=1S/C28H38O8/c1-23-11-16(17(12-23)35-22(32)26(23,4)33)27(34)20(31)10-15-13-9-21-28(36-21)19(30)6-5-18(29)25(28,3)14(13)7-8-24(15,27)2/h5-6,13-17,19-21,30-31,33-34H,7-12H2,1-4H3. The molecular formula is C28H38O8. The first-order valence-corrected chi connectivity index (χ1v) is 13.6. The highest BCUT2D eigenvalue weighted by molar-refractivity contribution is 5.98. The smallest absolute Gasteiger partial charge is 0.338 e. The monoisotopic (exact) mass is 502 g/mol. The van der Waals surface area contributed by atoms with Crippen LogP contribution in [0.4, 0.5) is 0 Å². The van der Waals surface area contributed by atoms with Crippen LogP contribution in [0.3, 0.4) is 0 Å². The summed E-state index contributed by atoms with van der Waals surface area (Å²) in [5.74, 6) is -1.16. The zero-order valence-corrected chi connectivity index (χ0v) is 21.4. The van der Waals surface area contributed by atoms with Crippen molar-refractivity contribution >= 4 is 11.8 Å². The molecule has 14 unspecified atom stereocenters. The minimum absolute atomic E-state index is 0.00549. The van der Waals surface area contributed by atoms with Gasteiger partial charge in [0.2, 0.25) is 0 Å². The molecular weight excluding hydrogens is 464 g/mol. The first-order chi connectivity index (χ1) is 16.7. The van der Waals surface area contributed by atoms with Gasteiger partial charge >= 0.3 is 5.97 Å². The number of aliphatic hydroxyl groups is 4. The number of ether oxygens (including phenoxy) is 2. The number of esters is 1. The van der Waals surface area contributed by atoms with E-state index in [-0.39, 0.29) is 29.6 Å². The summed E-state index contributed by atoms with van der Waals surface area (Å²) in [5.41, 5.74) is -6.22. The molecule has 5 aliphatic carbocycles. The molecule has 0 aromatic carbocycles. The first kappa shape index (κ1) is 23.8. The van der Waals surface area contributed by atoms with Crippen LogP contribution < -0.4 is 0 Å². The maximum atomic E-state index is 13.4.